The van der Waals surface area contributed by atoms with Crippen LogP contribution in [-0.4, -0.2) is 31.1 Å². The minimum absolute atomic E-state index is 0. The van der Waals surface area contributed by atoms with Crippen LogP contribution in [-0.2, 0) is 0 Å². The molecule has 0 saturated carbocycles. The van der Waals surface area contributed by atoms with Gasteiger partial charge in [0.1, 0.15) is 0 Å². The summed E-state index contributed by atoms with van der Waals surface area (Å²) in [5.41, 5.74) is 0. The number of hydrogen-bond donors (Lipinski definition) is 1. The molecule has 2 rings (SSSR count). The Morgan fingerprint density at radius 1 is 1.35 bits per heavy atom. The zero-order valence-electron chi connectivity index (χ0n) is 11.1. The van der Waals surface area contributed by atoms with Crippen molar-refractivity contribution in [2.24, 2.45) is 0 Å². The van der Waals surface area contributed by atoms with E-state index in [1.165, 1.54) is 13.1 Å². The van der Waals surface area contributed by atoms with Crippen molar-refractivity contribution in [1.82, 2.24) is 10.2 Å². The summed E-state index contributed by atoms with van der Waals surface area (Å²) in [5.74, 6) is 0. The molecule has 0 aromatic carbocycles. The van der Waals surface area contributed by atoms with Crippen molar-refractivity contribution in [3.05, 3.63) is 31.9 Å². The van der Waals surface area contributed by atoms with Gasteiger partial charge in [0, 0.05) is 41.6 Å². The maximum Gasteiger partial charge on any atom is 0.0843 e. The monoisotopic (exact) mass is 464 g/mol. The van der Waals surface area contributed by atoms with Crippen molar-refractivity contribution in [2.45, 2.75) is 18.9 Å². The van der Waals surface area contributed by atoms with E-state index in [1.807, 2.05) is 17.4 Å². The second kappa shape index (κ2) is 10.6. The third kappa shape index (κ3) is 5.59. The van der Waals surface area contributed by atoms with Gasteiger partial charge in [-0.05, 0) is 50.8 Å². The number of thiophene rings is 1. The molecule has 1 aromatic rings. The fourth-order valence-corrected chi connectivity index (χ4v) is 4.56. The van der Waals surface area contributed by atoms with Gasteiger partial charge in [0.05, 0.1) is 3.79 Å². The molecule has 1 fully saturated rings. The van der Waals surface area contributed by atoms with E-state index in [1.54, 1.807) is 0 Å². The normalized spacial score (nSPS) is 16.9. The van der Waals surface area contributed by atoms with Crippen molar-refractivity contribution in [1.29, 1.82) is 0 Å². The van der Waals surface area contributed by atoms with Crippen LogP contribution in [0, 0.1) is 0 Å². The van der Waals surface area contributed by atoms with Crippen LogP contribution in [0.2, 0.25) is 0 Å². The highest BCUT2D eigenvalue weighted by atomic mass is 79.9. The average molecular weight is 467 g/mol. The number of piperazine rings is 1. The van der Waals surface area contributed by atoms with Gasteiger partial charge in [0.2, 0.25) is 0 Å². The van der Waals surface area contributed by atoms with E-state index in [4.69, 9.17) is 0 Å². The molecule has 0 bridgehead atoms. The molecule has 2 heterocycles. The van der Waals surface area contributed by atoms with Gasteiger partial charge in [-0.3, -0.25) is 4.90 Å². The summed E-state index contributed by atoms with van der Waals surface area (Å²) in [6.45, 7) is 8.31. The third-order valence-corrected chi connectivity index (χ3v) is 6.59. The molecule has 0 unspecified atom stereocenters. The summed E-state index contributed by atoms with van der Waals surface area (Å²) in [7, 11) is 0. The Labute approximate surface area is 154 Å². The third-order valence-electron chi connectivity index (χ3n) is 3.23. The van der Waals surface area contributed by atoms with Crippen LogP contribution in [0.1, 0.15) is 23.8 Å². The second-order valence-corrected chi connectivity index (χ2v) is 7.69. The van der Waals surface area contributed by atoms with Crippen LogP contribution in [0.4, 0.5) is 0 Å². The molecule has 1 aromatic heterocycles. The molecule has 0 aliphatic carbocycles. The molecule has 1 aliphatic rings. The molecule has 1 aliphatic heterocycles. The van der Waals surface area contributed by atoms with Crippen LogP contribution < -0.4 is 5.32 Å². The number of allylic oxidation sites excluding steroid dienone is 1. The smallest absolute Gasteiger partial charge is 0.0843 e. The van der Waals surface area contributed by atoms with Crippen molar-refractivity contribution < 1.29 is 0 Å². The molecular formula is C13H20Br2Cl2N2S. The standard InChI is InChI=1S/C13H18Br2N2S.2ClH/c1-2-3-4-11(17-7-5-16-6-8-17)12-9-10(14)13(15)18-12;;/h2,9,11,16H,1,3-8H2;2*1H/t11-;;/m0../s1. The number of nitrogens with zero attached hydrogens (tertiary/aromatic N) is 1. The average Bonchev–Trinajstić information content (AvgIpc) is 2.71. The summed E-state index contributed by atoms with van der Waals surface area (Å²) >= 11 is 9.03. The molecule has 0 spiro atoms. The predicted octanol–water partition coefficient (Wildman–Crippen LogP) is 5.03. The molecule has 116 valence electrons. The lowest BCUT2D eigenvalue weighted by Crippen LogP contribution is -2.45. The Morgan fingerprint density at radius 2 is 2.00 bits per heavy atom. The highest BCUT2D eigenvalue weighted by molar-refractivity contribution is 9.13. The quantitative estimate of drug-likeness (QED) is 0.612. The van der Waals surface area contributed by atoms with E-state index in [2.05, 4.69) is 54.7 Å². The molecule has 0 radical (unpaired) electrons. The van der Waals surface area contributed by atoms with E-state index in [-0.39, 0.29) is 24.8 Å². The van der Waals surface area contributed by atoms with Crippen molar-refractivity contribution >= 4 is 68.0 Å². The Balaban J connectivity index is 0.00000180. The van der Waals surface area contributed by atoms with Gasteiger partial charge in [-0.2, -0.15) is 0 Å². The van der Waals surface area contributed by atoms with Gasteiger partial charge in [-0.25, -0.2) is 0 Å². The highest BCUT2D eigenvalue weighted by Crippen LogP contribution is 2.39. The maximum absolute atomic E-state index is 3.85. The molecule has 7 heteroatoms. The van der Waals surface area contributed by atoms with Gasteiger partial charge >= 0.3 is 0 Å². The molecule has 1 N–H and O–H groups in total. The SMILES string of the molecule is C=CCC[C@@H](c1cc(Br)c(Br)s1)N1CCNCC1.Cl.Cl. The molecule has 20 heavy (non-hydrogen) atoms. The molecule has 1 saturated heterocycles. The minimum atomic E-state index is 0. The Morgan fingerprint density at radius 3 is 2.50 bits per heavy atom. The largest absolute Gasteiger partial charge is 0.314 e. The molecule has 2 nitrogen and oxygen atoms in total. The first-order valence-corrected chi connectivity index (χ1v) is 8.63. The van der Waals surface area contributed by atoms with E-state index in [0.717, 1.165) is 39.0 Å². The number of hydrogen-bond acceptors (Lipinski definition) is 3. The van der Waals surface area contributed by atoms with Gasteiger partial charge in [-0.15, -0.1) is 42.7 Å². The maximum atomic E-state index is 3.85. The molecule has 1 atom stereocenters. The lowest BCUT2D eigenvalue weighted by Gasteiger charge is -2.34. The Bertz CT molecular complexity index is 390. The predicted molar refractivity (Wildman–Crippen MR) is 101 cm³/mol. The first-order valence-electron chi connectivity index (χ1n) is 6.22. The molecule has 0 amide bonds. The second-order valence-electron chi connectivity index (χ2n) is 4.44. The first-order chi connectivity index (χ1) is 8.72. The first kappa shape index (κ1) is 20.9. The van der Waals surface area contributed by atoms with Crippen LogP contribution in [0.3, 0.4) is 0 Å². The van der Waals surface area contributed by atoms with Gasteiger partial charge in [0.25, 0.3) is 0 Å². The van der Waals surface area contributed by atoms with E-state index >= 15 is 0 Å². The van der Waals surface area contributed by atoms with Crippen LogP contribution in [0.5, 0.6) is 0 Å². The van der Waals surface area contributed by atoms with Gasteiger partial charge in [0.15, 0.2) is 0 Å². The highest BCUT2D eigenvalue weighted by Gasteiger charge is 2.23. The summed E-state index contributed by atoms with van der Waals surface area (Å²) in [6, 6.07) is 2.78. The molecular weight excluding hydrogens is 447 g/mol. The summed E-state index contributed by atoms with van der Waals surface area (Å²) < 4.78 is 2.36. The summed E-state index contributed by atoms with van der Waals surface area (Å²) in [5, 5.41) is 3.42. The van der Waals surface area contributed by atoms with E-state index in [9.17, 15) is 0 Å². The lowest BCUT2D eigenvalue weighted by molar-refractivity contribution is 0.168. The topological polar surface area (TPSA) is 15.3 Å². The van der Waals surface area contributed by atoms with Crippen molar-refractivity contribution in [2.75, 3.05) is 26.2 Å². The van der Waals surface area contributed by atoms with Crippen LogP contribution in [0.25, 0.3) is 0 Å². The van der Waals surface area contributed by atoms with Crippen LogP contribution >= 0.6 is 68.0 Å². The lowest BCUT2D eigenvalue weighted by atomic mass is 10.1. The van der Waals surface area contributed by atoms with Crippen molar-refractivity contribution in [3.8, 4) is 0 Å². The minimum Gasteiger partial charge on any atom is -0.314 e. The van der Waals surface area contributed by atoms with Gasteiger partial charge < -0.3 is 5.32 Å². The Hall–Kier alpha value is 0.900. The van der Waals surface area contributed by atoms with Crippen LogP contribution in [0.15, 0.2) is 27.0 Å². The summed E-state index contributed by atoms with van der Waals surface area (Å²) in [6.07, 6.45) is 4.25. The fraction of sp³-hybridized carbons (Fsp3) is 0.538. The number of nitrogens with one attached hydrogen (secondary N) is 1. The summed E-state index contributed by atoms with van der Waals surface area (Å²) in [4.78, 5) is 4.03. The fourth-order valence-electron chi connectivity index (χ4n) is 2.30. The van der Waals surface area contributed by atoms with E-state index < -0.39 is 0 Å². The Kier molecular flexibility index (Phi) is 11.1. The van der Waals surface area contributed by atoms with Gasteiger partial charge in [-0.1, -0.05) is 6.08 Å². The van der Waals surface area contributed by atoms with E-state index in [0.29, 0.717) is 6.04 Å². The number of rotatable bonds is 5. The zero-order valence-corrected chi connectivity index (χ0v) is 16.7. The van der Waals surface area contributed by atoms with Crippen molar-refractivity contribution in [3.63, 3.8) is 0 Å². The number of halogens is 4. The zero-order chi connectivity index (χ0) is 13.0.